The van der Waals surface area contributed by atoms with Crippen molar-refractivity contribution in [1.82, 2.24) is 10.2 Å². The van der Waals surface area contributed by atoms with E-state index in [9.17, 15) is 14.6 Å². The third kappa shape index (κ3) is 6.11. The number of aliphatic hydroxyl groups is 2. The smallest absolute Gasteiger partial charge is 0.123 e. The largest absolute Gasteiger partial charge is 0.388 e. The fraction of sp³-hybridized carbons (Fsp3) is 0.571. The number of rotatable bonds is 7. The molecule has 1 aromatic carbocycles. The van der Waals surface area contributed by atoms with Crippen molar-refractivity contribution in [3.63, 3.8) is 0 Å². The van der Waals surface area contributed by atoms with Crippen molar-refractivity contribution in [1.29, 1.82) is 0 Å². The number of hydrogen-bond acceptors (Lipinski definition) is 4. The average molecular weight is 270 g/mol. The lowest BCUT2D eigenvalue weighted by atomic mass is 10.1. The minimum atomic E-state index is -0.855. The van der Waals surface area contributed by atoms with Crippen LogP contribution in [0.4, 0.5) is 4.39 Å². The summed E-state index contributed by atoms with van der Waals surface area (Å²) in [5.41, 5.74) is -0.201. The van der Waals surface area contributed by atoms with Crippen molar-refractivity contribution in [2.45, 2.75) is 18.6 Å². The molecule has 0 bridgehead atoms. The van der Waals surface area contributed by atoms with Crippen molar-refractivity contribution in [3.05, 3.63) is 35.6 Å². The van der Waals surface area contributed by atoms with Gasteiger partial charge in [0.15, 0.2) is 0 Å². The van der Waals surface area contributed by atoms with Crippen LogP contribution in [0.5, 0.6) is 0 Å². The van der Waals surface area contributed by atoms with E-state index in [0.29, 0.717) is 25.2 Å². The zero-order valence-electron chi connectivity index (χ0n) is 11.7. The van der Waals surface area contributed by atoms with Gasteiger partial charge in [-0.25, -0.2) is 4.39 Å². The van der Waals surface area contributed by atoms with Gasteiger partial charge in [0.1, 0.15) is 5.82 Å². The van der Waals surface area contributed by atoms with Crippen LogP contribution in [0.15, 0.2) is 24.3 Å². The molecule has 0 aliphatic heterocycles. The van der Waals surface area contributed by atoms with Crippen LogP contribution >= 0.6 is 0 Å². The Morgan fingerprint density at radius 3 is 2.42 bits per heavy atom. The summed E-state index contributed by atoms with van der Waals surface area (Å²) in [6, 6.07) is 5.75. The molecule has 0 saturated heterocycles. The SMILES string of the molecule is CN(C)CC(C)(O)CNCC(O)c1ccc(F)cc1. The number of aliphatic hydroxyl groups excluding tert-OH is 1. The molecule has 0 aliphatic carbocycles. The molecule has 2 atom stereocenters. The maximum absolute atomic E-state index is 12.7. The molecule has 1 aromatic rings. The van der Waals surface area contributed by atoms with E-state index in [1.165, 1.54) is 12.1 Å². The van der Waals surface area contributed by atoms with Crippen LogP contribution in [0.1, 0.15) is 18.6 Å². The van der Waals surface area contributed by atoms with Crippen LogP contribution in [0.3, 0.4) is 0 Å². The topological polar surface area (TPSA) is 55.7 Å². The van der Waals surface area contributed by atoms with E-state index in [2.05, 4.69) is 5.32 Å². The van der Waals surface area contributed by atoms with Gasteiger partial charge in [0.25, 0.3) is 0 Å². The van der Waals surface area contributed by atoms with Crippen LogP contribution in [-0.4, -0.2) is 54.4 Å². The predicted molar refractivity (Wildman–Crippen MR) is 73.4 cm³/mol. The minimum absolute atomic E-state index is 0.315. The molecule has 0 saturated carbocycles. The van der Waals surface area contributed by atoms with Gasteiger partial charge in [-0.2, -0.15) is 0 Å². The first kappa shape index (κ1) is 16.0. The number of hydrogen-bond donors (Lipinski definition) is 3. The summed E-state index contributed by atoms with van der Waals surface area (Å²) in [6.45, 7) is 2.97. The zero-order valence-corrected chi connectivity index (χ0v) is 11.7. The Labute approximate surface area is 113 Å². The third-order valence-corrected chi connectivity index (χ3v) is 2.76. The Hall–Kier alpha value is -1.01. The molecule has 0 heterocycles. The highest BCUT2D eigenvalue weighted by Gasteiger charge is 2.21. The Balaban J connectivity index is 2.38. The molecule has 2 unspecified atom stereocenters. The summed E-state index contributed by atoms with van der Waals surface area (Å²) in [6.07, 6.45) is -0.712. The highest BCUT2D eigenvalue weighted by atomic mass is 19.1. The molecule has 3 N–H and O–H groups in total. The van der Waals surface area contributed by atoms with E-state index < -0.39 is 11.7 Å². The first-order valence-electron chi connectivity index (χ1n) is 6.31. The maximum Gasteiger partial charge on any atom is 0.123 e. The normalized spacial score (nSPS) is 16.4. The van der Waals surface area contributed by atoms with Gasteiger partial charge in [-0.3, -0.25) is 0 Å². The van der Waals surface area contributed by atoms with Gasteiger partial charge in [-0.05, 0) is 38.7 Å². The van der Waals surface area contributed by atoms with E-state index >= 15 is 0 Å². The highest BCUT2D eigenvalue weighted by Crippen LogP contribution is 2.12. The molecule has 0 aliphatic rings. The summed E-state index contributed by atoms with van der Waals surface area (Å²) < 4.78 is 12.7. The second-order valence-corrected chi connectivity index (χ2v) is 5.43. The molecule has 108 valence electrons. The molecule has 19 heavy (non-hydrogen) atoms. The fourth-order valence-corrected chi connectivity index (χ4v) is 2.02. The number of halogens is 1. The lowest BCUT2D eigenvalue weighted by Gasteiger charge is -2.27. The van der Waals surface area contributed by atoms with E-state index in [0.717, 1.165) is 0 Å². The van der Waals surface area contributed by atoms with E-state index in [1.807, 2.05) is 19.0 Å². The second-order valence-electron chi connectivity index (χ2n) is 5.43. The predicted octanol–water partition coefficient (Wildman–Crippen LogP) is 0.761. The van der Waals surface area contributed by atoms with Crippen molar-refractivity contribution in [3.8, 4) is 0 Å². The molecule has 0 aromatic heterocycles. The van der Waals surface area contributed by atoms with Crippen LogP contribution < -0.4 is 5.32 Å². The van der Waals surface area contributed by atoms with Crippen LogP contribution in [0.2, 0.25) is 0 Å². The van der Waals surface area contributed by atoms with Gasteiger partial charge in [-0.15, -0.1) is 0 Å². The Bertz CT molecular complexity index is 380. The highest BCUT2D eigenvalue weighted by molar-refractivity contribution is 5.18. The van der Waals surface area contributed by atoms with Crippen molar-refractivity contribution >= 4 is 0 Å². The zero-order chi connectivity index (χ0) is 14.5. The maximum atomic E-state index is 12.7. The number of nitrogens with zero attached hydrogens (tertiary/aromatic N) is 1. The van der Waals surface area contributed by atoms with E-state index in [-0.39, 0.29) is 5.82 Å². The monoisotopic (exact) mass is 270 g/mol. The van der Waals surface area contributed by atoms with Crippen molar-refractivity contribution < 1.29 is 14.6 Å². The first-order chi connectivity index (χ1) is 8.80. The number of benzene rings is 1. The molecule has 0 amide bonds. The molecule has 4 nitrogen and oxygen atoms in total. The number of nitrogens with one attached hydrogen (secondary N) is 1. The lowest BCUT2D eigenvalue weighted by molar-refractivity contribution is 0.0308. The minimum Gasteiger partial charge on any atom is -0.388 e. The summed E-state index contributed by atoms with van der Waals surface area (Å²) >= 11 is 0. The molecule has 5 heteroatoms. The summed E-state index contributed by atoms with van der Waals surface area (Å²) in [7, 11) is 3.78. The van der Waals surface area contributed by atoms with Gasteiger partial charge in [0.2, 0.25) is 0 Å². The molecule has 0 radical (unpaired) electrons. The standard InChI is InChI=1S/C14H23FN2O2/c1-14(19,10-17(2)3)9-16-8-13(18)11-4-6-12(15)7-5-11/h4-7,13,16,18-19H,8-10H2,1-3H3. The molecular weight excluding hydrogens is 247 g/mol. The van der Waals surface area contributed by atoms with Crippen molar-refractivity contribution in [2.75, 3.05) is 33.7 Å². The second kappa shape index (κ2) is 6.96. The van der Waals surface area contributed by atoms with Gasteiger partial charge < -0.3 is 20.4 Å². The Morgan fingerprint density at radius 2 is 1.89 bits per heavy atom. The fourth-order valence-electron chi connectivity index (χ4n) is 2.02. The summed E-state index contributed by atoms with van der Waals surface area (Å²) in [5.74, 6) is -0.321. The van der Waals surface area contributed by atoms with Crippen LogP contribution in [-0.2, 0) is 0 Å². The number of likely N-dealkylation sites (N-methyl/N-ethyl adjacent to an activating group) is 1. The quantitative estimate of drug-likeness (QED) is 0.685. The van der Waals surface area contributed by atoms with E-state index in [4.69, 9.17) is 0 Å². The lowest BCUT2D eigenvalue weighted by Crippen LogP contribution is -2.46. The van der Waals surface area contributed by atoms with Gasteiger partial charge in [0.05, 0.1) is 11.7 Å². The summed E-state index contributed by atoms with van der Waals surface area (Å²) in [4.78, 5) is 1.90. The summed E-state index contributed by atoms with van der Waals surface area (Å²) in [5, 5.41) is 23.0. The Morgan fingerprint density at radius 1 is 1.32 bits per heavy atom. The molecule has 0 spiro atoms. The average Bonchev–Trinajstić information content (AvgIpc) is 2.27. The molecule has 0 fully saturated rings. The van der Waals surface area contributed by atoms with Gasteiger partial charge in [-0.1, -0.05) is 12.1 Å². The van der Waals surface area contributed by atoms with Gasteiger partial charge in [0, 0.05) is 19.6 Å². The van der Waals surface area contributed by atoms with Gasteiger partial charge >= 0.3 is 0 Å². The first-order valence-corrected chi connectivity index (χ1v) is 6.31. The van der Waals surface area contributed by atoms with Crippen molar-refractivity contribution in [2.24, 2.45) is 0 Å². The molecule has 1 rings (SSSR count). The van der Waals surface area contributed by atoms with E-state index in [1.54, 1.807) is 19.1 Å². The van der Waals surface area contributed by atoms with Crippen LogP contribution in [0, 0.1) is 5.82 Å². The van der Waals surface area contributed by atoms with Crippen LogP contribution in [0.25, 0.3) is 0 Å². The Kier molecular flexibility index (Phi) is 5.87. The molecular formula is C14H23FN2O2. The third-order valence-electron chi connectivity index (χ3n) is 2.76.